The minimum Gasteiger partial charge on any atom is -0.411 e. The molecule has 3 rings (SSSR count). The van der Waals surface area contributed by atoms with E-state index in [9.17, 15) is 14.9 Å². The normalized spacial score (nSPS) is 15.2. The summed E-state index contributed by atoms with van der Waals surface area (Å²) in [5.41, 5.74) is 0.417. The number of hydrogen-bond donors (Lipinski definition) is 1. The number of nitrogens with one attached hydrogen (secondary N) is 1. The molecule has 23 heavy (non-hydrogen) atoms. The van der Waals surface area contributed by atoms with Crippen molar-refractivity contribution in [1.82, 2.24) is 15.5 Å². The second-order valence-electron chi connectivity index (χ2n) is 5.22. The zero-order valence-electron chi connectivity index (χ0n) is 12.3. The molecule has 2 aromatic rings. The lowest BCUT2D eigenvalue weighted by atomic mass is 10.2. The Morgan fingerprint density at radius 3 is 2.96 bits per heavy atom. The molecule has 1 amide bonds. The van der Waals surface area contributed by atoms with E-state index in [4.69, 9.17) is 4.42 Å². The van der Waals surface area contributed by atoms with Crippen LogP contribution in [-0.4, -0.2) is 32.3 Å². The maximum Gasteiger partial charge on any atom is 0.277 e. The number of amides is 1. The predicted octanol–water partition coefficient (Wildman–Crippen LogP) is 2.40. The van der Waals surface area contributed by atoms with Crippen LogP contribution in [0.25, 0.3) is 11.5 Å². The zero-order chi connectivity index (χ0) is 16.4. The summed E-state index contributed by atoms with van der Waals surface area (Å²) < 4.78 is 5.48. The number of thioether (sulfide) groups is 1. The number of nitrogens with zero attached hydrogens (tertiary/aromatic N) is 3. The predicted molar refractivity (Wildman–Crippen MR) is 82.9 cm³/mol. The van der Waals surface area contributed by atoms with Gasteiger partial charge in [-0.3, -0.25) is 14.9 Å². The van der Waals surface area contributed by atoms with E-state index in [0.29, 0.717) is 11.6 Å². The number of nitro benzene ring substituents is 1. The highest BCUT2D eigenvalue weighted by Crippen LogP contribution is 2.28. The maximum atomic E-state index is 11.9. The number of nitro groups is 1. The summed E-state index contributed by atoms with van der Waals surface area (Å²) in [5, 5.41) is 21.4. The Kier molecular flexibility index (Phi) is 4.28. The van der Waals surface area contributed by atoms with Crippen molar-refractivity contribution in [2.75, 3.05) is 0 Å². The fraction of sp³-hybridized carbons (Fsp3) is 0.357. The Morgan fingerprint density at radius 1 is 1.48 bits per heavy atom. The van der Waals surface area contributed by atoms with Crippen molar-refractivity contribution < 1.29 is 14.1 Å². The molecule has 0 saturated heterocycles. The lowest BCUT2D eigenvalue weighted by molar-refractivity contribution is -0.384. The third-order valence-electron chi connectivity index (χ3n) is 3.28. The van der Waals surface area contributed by atoms with Crippen molar-refractivity contribution in [3.63, 3.8) is 0 Å². The SMILES string of the molecule is C[C@H](Sc1nnc(-c2cccc([N+](=O)[O-])c2)o1)C(=O)NC1CC1. The van der Waals surface area contributed by atoms with Crippen LogP contribution in [0.1, 0.15) is 19.8 Å². The molecule has 8 nitrogen and oxygen atoms in total. The highest BCUT2D eigenvalue weighted by Gasteiger charge is 2.27. The number of carbonyl (C=O) groups is 1. The molecule has 1 N–H and O–H groups in total. The van der Waals surface area contributed by atoms with Crippen molar-refractivity contribution in [3.8, 4) is 11.5 Å². The molecule has 0 unspecified atom stereocenters. The molecule has 120 valence electrons. The summed E-state index contributed by atoms with van der Waals surface area (Å²) in [6, 6.07) is 6.26. The molecule has 0 bridgehead atoms. The highest BCUT2D eigenvalue weighted by molar-refractivity contribution is 8.00. The van der Waals surface area contributed by atoms with Crippen LogP contribution in [-0.2, 0) is 4.79 Å². The number of benzene rings is 1. The van der Waals surface area contributed by atoms with Gasteiger partial charge < -0.3 is 9.73 Å². The number of hydrogen-bond acceptors (Lipinski definition) is 7. The van der Waals surface area contributed by atoms with Gasteiger partial charge in [0.1, 0.15) is 0 Å². The van der Waals surface area contributed by atoms with Crippen molar-refractivity contribution in [1.29, 1.82) is 0 Å². The largest absolute Gasteiger partial charge is 0.411 e. The number of aromatic nitrogens is 2. The van der Waals surface area contributed by atoms with Gasteiger partial charge in [0.15, 0.2) is 0 Å². The van der Waals surface area contributed by atoms with Crippen LogP contribution >= 0.6 is 11.8 Å². The van der Waals surface area contributed by atoms with Gasteiger partial charge in [-0.25, -0.2) is 0 Å². The Labute approximate surface area is 135 Å². The third-order valence-corrected chi connectivity index (χ3v) is 4.22. The van der Waals surface area contributed by atoms with E-state index in [-0.39, 0.29) is 28.0 Å². The van der Waals surface area contributed by atoms with Gasteiger partial charge in [0, 0.05) is 23.7 Å². The first-order valence-corrected chi connectivity index (χ1v) is 7.96. The lowest BCUT2D eigenvalue weighted by Crippen LogP contribution is -2.32. The number of carbonyl (C=O) groups excluding carboxylic acids is 1. The van der Waals surface area contributed by atoms with E-state index >= 15 is 0 Å². The van der Waals surface area contributed by atoms with Crippen LogP contribution in [0.4, 0.5) is 5.69 Å². The summed E-state index contributed by atoms with van der Waals surface area (Å²) in [4.78, 5) is 22.2. The summed E-state index contributed by atoms with van der Waals surface area (Å²) >= 11 is 1.16. The monoisotopic (exact) mass is 334 g/mol. The van der Waals surface area contributed by atoms with Gasteiger partial charge in [0.25, 0.3) is 10.9 Å². The molecule has 1 heterocycles. The molecule has 9 heteroatoms. The molecule has 1 aliphatic rings. The highest BCUT2D eigenvalue weighted by atomic mass is 32.2. The first-order valence-electron chi connectivity index (χ1n) is 7.08. The zero-order valence-corrected chi connectivity index (χ0v) is 13.1. The van der Waals surface area contributed by atoms with E-state index < -0.39 is 4.92 Å². The summed E-state index contributed by atoms with van der Waals surface area (Å²) in [7, 11) is 0. The number of rotatable bonds is 6. The Hall–Kier alpha value is -2.42. The van der Waals surface area contributed by atoms with E-state index in [0.717, 1.165) is 24.6 Å². The maximum absolute atomic E-state index is 11.9. The lowest BCUT2D eigenvalue weighted by Gasteiger charge is -2.08. The molecular weight excluding hydrogens is 320 g/mol. The minimum absolute atomic E-state index is 0.0490. The van der Waals surface area contributed by atoms with Crippen LogP contribution in [0, 0.1) is 10.1 Å². The van der Waals surface area contributed by atoms with Gasteiger partial charge in [-0.15, -0.1) is 10.2 Å². The third kappa shape index (κ3) is 3.86. The number of non-ortho nitro benzene ring substituents is 1. The van der Waals surface area contributed by atoms with Gasteiger partial charge >= 0.3 is 0 Å². The van der Waals surface area contributed by atoms with Crippen LogP contribution < -0.4 is 5.32 Å². The van der Waals surface area contributed by atoms with Gasteiger partial charge in [0.2, 0.25) is 11.8 Å². The molecule has 1 aromatic heterocycles. The summed E-state index contributed by atoms with van der Waals surface area (Å²) in [6.45, 7) is 1.76. The molecule has 1 aromatic carbocycles. The molecule has 1 atom stereocenters. The molecule has 0 spiro atoms. The van der Waals surface area contributed by atoms with Crippen molar-refractivity contribution in [2.45, 2.75) is 36.3 Å². The summed E-state index contributed by atoms with van der Waals surface area (Å²) in [6.07, 6.45) is 2.06. The minimum atomic E-state index is -0.486. The molecule has 1 fully saturated rings. The molecule has 0 aliphatic heterocycles. The fourth-order valence-corrected chi connectivity index (χ4v) is 2.57. The van der Waals surface area contributed by atoms with Crippen LogP contribution in [0.2, 0.25) is 0 Å². The Morgan fingerprint density at radius 2 is 2.26 bits per heavy atom. The second kappa shape index (κ2) is 6.37. The average molecular weight is 334 g/mol. The van der Waals surface area contributed by atoms with E-state index in [1.54, 1.807) is 19.1 Å². The summed E-state index contributed by atoms with van der Waals surface area (Å²) in [5.74, 6) is 0.124. The van der Waals surface area contributed by atoms with E-state index in [2.05, 4.69) is 15.5 Å². The smallest absolute Gasteiger partial charge is 0.277 e. The fourth-order valence-electron chi connectivity index (χ4n) is 1.88. The van der Waals surface area contributed by atoms with E-state index in [1.807, 2.05) is 0 Å². The van der Waals surface area contributed by atoms with Crippen molar-refractivity contribution in [2.24, 2.45) is 0 Å². The average Bonchev–Trinajstić information content (AvgIpc) is 3.23. The molecule has 1 aliphatic carbocycles. The van der Waals surface area contributed by atoms with Crippen LogP contribution in [0.5, 0.6) is 0 Å². The standard InChI is InChI=1S/C14H14N4O4S/c1-8(12(19)15-10-5-6-10)23-14-17-16-13(22-14)9-3-2-4-11(7-9)18(20)21/h2-4,7-8,10H,5-6H2,1H3,(H,15,19)/t8-/m0/s1. The first-order chi connectivity index (χ1) is 11.0. The molecular formula is C14H14N4O4S. The van der Waals surface area contributed by atoms with Gasteiger partial charge in [-0.05, 0) is 25.8 Å². The second-order valence-corrected chi connectivity index (χ2v) is 6.52. The van der Waals surface area contributed by atoms with Crippen LogP contribution in [0.3, 0.4) is 0 Å². The van der Waals surface area contributed by atoms with Gasteiger partial charge in [0.05, 0.1) is 10.2 Å². The Balaban J connectivity index is 1.68. The first kappa shape index (κ1) is 15.5. The Bertz CT molecular complexity index is 744. The van der Waals surface area contributed by atoms with Crippen molar-refractivity contribution in [3.05, 3.63) is 34.4 Å². The topological polar surface area (TPSA) is 111 Å². The molecule has 0 radical (unpaired) electrons. The molecule has 1 saturated carbocycles. The van der Waals surface area contributed by atoms with Gasteiger partial charge in [-0.2, -0.15) is 0 Å². The quantitative estimate of drug-likeness (QED) is 0.490. The van der Waals surface area contributed by atoms with E-state index in [1.165, 1.54) is 12.1 Å². The van der Waals surface area contributed by atoms with Crippen molar-refractivity contribution >= 4 is 23.4 Å². The van der Waals surface area contributed by atoms with Crippen LogP contribution in [0.15, 0.2) is 33.9 Å². The van der Waals surface area contributed by atoms with Gasteiger partial charge in [-0.1, -0.05) is 17.8 Å².